The number of fused-ring (bicyclic) bond motifs is 2. The van der Waals surface area contributed by atoms with Crippen LogP contribution in [0.1, 0.15) is 11.4 Å². The number of nitrogens with one attached hydrogen (secondary N) is 1. The summed E-state index contributed by atoms with van der Waals surface area (Å²) < 4.78 is 2.21. The molecule has 0 fully saturated rings. The maximum atomic E-state index is 4.70. The van der Waals surface area contributed by atoms with E-state index in [2.05, 4.69) is 55.2 Å². The maximum absolute atomic E-state index is 4.70. The number of anilines is 3. The first-order valence-electron chi connectivity index (χ1n) is 8.48. The predicted octanol–water partition coefficient (Wildman–Crippen LogP) is 3.09. The van der Waals surface area contributed by atoms with E-state index < -0.39 is 0 Å². The number of hydrogen-bond acceptors (Lipinski definition) is 6. The molecule has 3 aromatic rings. The second-order valence-electron chi connectivity index (χ2n) is 6.17. The van der Waals surface area contributed by atoms with Crippen molar-refractivity contribution in [2.24, 2.45) is 0 Å². The summed E-state index contributed by atoms with van der Waals surface area (Å²) in [4.78, 5) is 16.1. The number of imidazole rings is 1. The van der Waals surface area contributed by atoms with Crippen molar-refractivity contribution in [3.8, 4) is 0 Å². The van der Waals surface area contributed by atoms with Crippen LogP contribution in [-0.4, -0.2) is 31.8 Å². The van der Waals surface area contributed by atoms with Gasteiger partial charge in [-0.2, -0.15) is 0 Å². The molecule has 0 saturated carbocycles. The molecule has 0 atom stereocenters. The molecule has 25 heavy (non-hydrogen) atoms. The molecule has 126 valence electrons. The number of benzene rings is 1. The van der Waals surface area contributed by atoms with Gasteiger partial charge >= 0.3 is 0 Å². The zero-order valence-electron chi connectivity index (χ0n) is 13.7. The Hall–Kier alpha value is -2.54. The molecule has 0 amide bonds. The van der Waals surface area contributed by atoms with Gasteiger partial charge in [-0.1, -0.05) is 30.0 Å². The van der Waals surface area contributed by atoms with E-state index in [1.165, 1.54) is 5.69 Å². The SMILES string of the molecule is c1ccc(N2CCc3nc(NCc4cn5c(n4)SCC5)ncc32)cc1. The monoisotopic (exact) mass is 350 g/mol. The smallest absolute Gasteiger partial charge is 0.223 e. The Bertz CT molecular complexity index is 886. The lowest BCUT2D eigenvalue weighted by Crippen LogP contribution is -2.13. The van der Waals surface area contributed by atoms with Gasteiger partial charge in [-0.3, -0.25) is 0 Å². The maximum Gasteiger partial charge on any atom is 0.223 e. The third-order valence-electron chi connectivity index (χ3n) is 4.56. The van der Waals surface area contributed by atoms with Crippen LogP contribution in [0, 0.1) is 0 Å². The molecule has 2 aromatic heterocycles. The van der Waals surface area contributed by atoms with Gasteiger partial charge in [0, 0.05) is 37.1 Å². The van der Waals surface area contributed by atoms with Gasteiger partial charge in [-0.25, -0.2) is 15.0 Å². The highest BCUT2D eigenvalue weighted by molar-refractivity contribution is 7.99. The average molecular weight is 350 g/mol. The fraction of sp³-hybridized carbons (Fsp3) is 0.278. The molecule has 6 nitrogen and oxygen atoms in total. The quantitative estimate of drug-likeness (QED) is 0.780. The number of nitrogens with zero attached hydrogens (tertiary/aromatic N) is 5. The van der Waals surface area contributed by atoms with Crippen LogP contribution in [0.3, 0.4) is 0 Å². The van der Waals surface area contributed by atoms with Crippen molar-refractivity contribution in [2.45, 2.75) is 24.7 Å². The standard InChI is InChI=1S/C18H18N6S/c1-2-4-14(5-3-1)24-7-6-15-16(24)11-20-17(22-15)19-10-13-12-23-8-9-25-18(23)21-13/h1-5,11-12H,6-10H2,(H,19,20,22). The summed E-state index contributed by atoms with van der Waals surface area (Å²) in [6, 6.07) is 10.4. The molecule has 0 unspecified atom stereocenters. The van der Waals surface area contributed by atoms with E-state index in [1.54, 1.807) is 0 Å². The largest absolute Gasteiger partial charge is 0.348 e. The molecular formula is C18H18N6S. The van der Waals surface area contributed by atoms with E-state index >= 15 is 0 Å². The fourth-order valence-corrected chi connectivity index (χ4v) is 4.30. The van der Waals surface area contributed by atoms with Gasteiger partial charge in [0.1, 0.15) is 0 Å². The van der Waals surface area contributed by atoms with Gasteiger partial charge in [-0.15, -0.1) is 0 Å². The Morgan fingerprint density at radius 1 is 1.12 bits per heavy atom. The van der Waals surface area contributed by atoms with E-state index in [0.29, 0.717) is 12.5 Å². The van der Waals surface area contributed by atoms with Gasteiger partial charge < -0.3 is 14.8 Å². The minimum absolute atomic E-state index is 0.655. The van der Waals surface area contributed by atoms with Crippen molar-refractivity contribution < 1.29 is 0 Å². The van der Waals surface area contributed by atoms with Crippen LogP contribution in [0.5, 0.6) is 0 Å². The van der Waals surface area contributed by atoms with Gasteiger partial charge in [0.25, 0.3) is 0 Å². The molecular weight excluding hydrogens is 332 g/mol. The lowest BCUT2D eigenvalue weighted by atomic mass is 10.3. The summed E-state index contributed by atoms with van der Waals surface area (Å²) in [6.45, 7) is 2.65. The Morgan fingerprint density at radius 3 is 2.92 bits per heavy atom. The highest BCUT2D eigenvalue weighted by Crippen LogP contribution is 2.33. The predicted molar refractivity (Wildman–Crippen MR) is 99.5 cm³/mol. The fourth-order valence-electron chi connectivity index (χ4n) is 3.34. The van der Waals surface area contributed by atoms with E-state index in [1.807, 2.05) is 24.0 Å². The first-order chi connectivity index (χ1) is 12.4. The van der Waals surface area contributed by atoms with Gasteiger partial charge in [0.05, 0.1) is 29.8 Å². The Labute approximate surface area is 150 Å². The molecule has 5 rings (SSSR count). The van der Waals surface area contributed by atoms with Gasteiger partial charge in [0.2, 0.25) is 5.95 Å². The summed E-state index contributed by atoms with van der Waals surface area (Å²) in [5, 5.41) is 4.42. The number of hydrogen-bond donors (Lipinski definition) is 1. The molecule has 0 radical (unpaired) electrons. The number of rotatable bonds is 4. The first-order valence-corrected chi connectivity index (χ1v) is 9.46. The minimum atomic E-state index is 0.655. The van der Waals surface area contributed by atoms with Crippen LogP contribution in [0.25, 0.3) is 0 Å². The Morgan fingerprint density at radius 2 is 2.04 bits per heavy atom. The molecule has 2 aliphatic rings. The molecule has 1 N–H and O–H groups in total. The molecule has 2 aliphatic heterocycles. The molecule has 1 aromatic carbocycles. The zero-order valence-corrected chi connectivity index (χ0v) is 14.5. The van der Waals surface area contributed by atoms with Crippen LogP contribution in [0.2, 0.25) is 0 Å². The van der Waals surface area contributed by atoms with Crippen molar-refractivity contribution >= 4 is 29.1 Å². The Kier molecular flexibility index (Phi) is 3.59. The zero-order chi connectivity index (χ0) is 16.6. The minimum Gasteiger partial charge on any atom is -0.348 e. The van der Waals surface area contributed by atoms with E-state index in [4.69, 9.17) is 4.98 Å². The third-order valence-corrected chi connectivity index (χ3v) is 5.53. The lowest BCUT2D eigenvalue weighted by Gasteiger charge is -2.18. The molecule has 7 heteroatoms. The number of thioether (sulfide) groups is 1. The van der Waals surface area contributed by atoms with E-state index in [-0.39, 0.29) is 0 Å². The summed E-state index contributed by atoms with van der Waals surface area (Å²) >= 11 is 1.81. The van der Waals surface area contributed by atoms with Crippen molar-refractivity contribution in [3.05, 3.63) is 54.1 Å². The summed E-state index contributed by atoms with van der Waals surface area (Å²) in [7, 11) is 0. The van der Waals surface area contributed by atoms with Crippen molar-refractivity contribution in [2.75, 3.05) is 22.5 Å². The van der Waals surface area contributed by atoms with E-state index in [9.17, 15) is 0 Å². The number of aromatic nitrogens is 4. The average Bonchev–Trinajstić information content (AvgIpc) is 3.34. The van der Waals surface area contributed by atoms with Crippen molar-refractivity contribution in [1.29, 1.82) is 0 Å². The Balaban J connectivity index is 1.31. The molecule has 0 saturated heterocycles. The van der Waals surface area contributed by atoms with Crippen LogP contribution in [0.4, 0.5) is 17.3 Å². The lowest BCUT2D eigenvalue weighted by molar-refractivity contribution is 0.719. The molecule has 0 bridgehead atoms. The second-order valence-corrected chi connectivity index (χ2v) is 7.24. The summed E-state index contributed by atoms with van der Waals surface area (Å²) in [6.07, 6.45) is 4.98. The van der Waals surface area contributed by atoms with Crippen molar-refractivity contribution in [3.63, 3.8) is 0 Å². The van der Waals surface area contributed by atoms with Crippen LogP contribution >= 0.6 is 11.8 Å². The normalized spacial score (nSPS) is 15.3. The van der Waals surface area contributed by atoms with Gasteiger partial charge in [0.15, 0.2) is 5.16 Å². The van der Waals surface area contributed by atoms with Crippen LogP contribution in [0.15, 0.2) is 47.9 Å². The number of para-hydroxylation sites is 1. The first kappa shape index (κ1) is 14.8. The molecule has 0 aliphatic carbocycles. The summed E-state index contributed by atoms with van der Waals surface area (Å²) in [5.74, 6) is 1.80. The van der Waals surface area contributed by atoms with E-state index in [0.717, 1.165) is 47.5 Å². The third kappa shape index (κ3) is 2.74. The van der Waals surface area contributed by atoms with Crippen molar-refractivity contribution in [1.82, 2.24) is 19.5 Å². The highest BCUT2D eigenvalue weighted by atomic mass is 32.2. The molecule has 0 spiro atoms. The number of aryl methyl sites for hydroxylation is 1. The summed E-state index contributed by atoms with van der Waals surface area (Å²) in [5.41, 5.74) is 4.44. The molecule has 4 heterocycles. The van der Waals surface area contributed by atoms with Crippen LogP contribution < -0.4 is 10.2 Å². The van der Waals surface area contributed by atoms with Crippen LogP contribution in [-0.2, 0) is 19.5 Å². The second kappa shape index (κ2) is 6.07. The highest BCUT2D eigenvalue weighted by Gasteiger charge is 2.22. The van der Waals surface area contributed by atoms with Gasteiger partial charge in [-0.05, 0) is 12.1 Å². The topological polar surface area (TPSA) is 58.9 Å².